The van der Waals surface area contributed by atoms with Crippen LogP contribution in [-0.4, -0.2) is 151 Å². The van der Waals surface area contributed by atoms with Crippen molar-refractivity contribution < 1.29 is 0 Å². The van der Waals surface area contributed by atoms with Gasteiger partial charge in [0.1, 0.15) is 34.0 Å². The fraction of sp³-hybridized carbons (Fsp3) is 0.294. The van der Waals surface area contributed by atoms with Crippen LogP contribution in [0, 0.1) is 46.5 Å². The van der Waals surface area contributed by atoms with Crippen molar-refractivity contribution in [2.45, 2.75) is 92.0 Å². The van der Waals surface area contributed by atoms with Gasteiger partial charge >= 0.3 is 0 Å². The molecule has 3 saturated heterocycles. The summed E-state index contributed by atoms with van der Waals surface area (Å²) in [5, 5.41) is 27.0. The van der Waals surface area contributed by atoms with E-state index in [0.29, 0.717) is 68.2 Å². The Morgan fingerprint density at radius 1 is 0.478 bits per heavy atom. The van der Waals surface area contributed by atoms with Gasteiger partial charge in [0.15, 0.2) is 0 Å². The predicted molar refractivity (Wildman–Crippen MR) is 442 cm³/mol. The lowest BCUT2D eigenvalue weighted by atomic mass is 9.91. The normalized spacial score (nSPS) is 14.5. The number of nitrogens with one attached hydrogen (secondary N) is 2. The quantitative estimate of drug-likeness (QED) is 0.103. The molecule has 3 aliphatic rings. The van der Waals surface area contributed by atoms with E-state index in [4.69, 9.17) is 26.4 Å². The SMILES string of the molecule is CCc1nc(C)cn2nc(-c3cc(=O)n4cc(N5CCC(C)(N)CC5)ccc4n3)cc12.Cc1cc(-c2cc(=O)n3cc(C4CCNCC4)ccc3n2)cc2cn(C)nc12.Cc1cc(-c2cc(=O)n3cc(N4CCNCC4)ccc3n2)cc2cn(C)nc12.Cc1cn2nc(-c3cc(=O)n4cc(C#CCN)ccc4n3)cc2c(C)n1. The number of fused-ring (bicyclic) bond motifs is 8. The summed E-state index contributed by atoms with van der Waals surface area (Å²) in [5.41, 5.74) is 32.8. The van der Waals surface area contributed by atoms with Crippen LogP contribution in [0.25, 0.3) is 101 Å². The molecule has 0 amide bonds. The number of piperazine rings is 1. The molecular weight excluding hydrogens is 1420 g/mol. The lowest BCUT2D eigenvalue weighted by Gasteiger charge is -2.38. The van der Waals surface area contributed by atoms with E-state index in [1.54, 1.807) is 48.2 Å². The van der Waals surface area contributed by atoms with E-state index in [9.17, 15) is 19.2 Å². The maximum absolute atomic E-state index is 12.9. The van der Waals surface area contributed by atoms with Gasteiger partial charge in [0, 0.05) is 148 Å². The van der Waals surface area contributed by atoms with Crippen LogP contribution in [0.1, 0.15) is 90.5 Å². The van der Waals surface area contributed by atoms with Gasteiger partial charge in [-0.1, -0.05) is 24.8 Å². The number of hydrogen-bond acceptors (Lipinski definition) is 20. The number of aromatic nitrogens is 18. The largest absolute Gasteiger partial charge is 0.370 e. The molecule has 0 atom stereocenters. The average molecular weight is 1510 g/mol. The minimum Gasteiger partial charge on any atom is -0.370 e. The molecule has 113 heavy (non-hydrogen) atoms. The second kappa shape index (κ2) is 30.7. The molecule has 0 saturated carbocycles. The van der Waals surface area contributed by atoms with Crippen LogP contribution in [0.3, 0.4) is 0 Å². The number of benzene rings is 2. The lowest BCUT2D eigenvalue weighted by molar-refractivity contribution is 0.364. The van der Waals surface area contributed by atoms with Crippen molar-refractivity contribution in [3.8, 4) is 57.1 Å². The molecule has 572 valence electrons. The highest BCUT2D eigenvalue weighted by Gasteiger charge is 2.27. The maximum atomic E-state index is 12.9. The molecule has 0 unspecified atom stereocenters. The third kappa shape index (κ3) is 15.5. The van der Waals surface area contributed by atoms with Crippen molar-refractivity contribution in [3.05, 3.63) is 245 Å². The molecule has 0 bridgehead atoms. The first-order valence-corrected chi connectivity index (χ1v) is 38.2. The zero-order valence-corrected chi connectivity index (χ0v) is 64.7. The number of piperidine rings is 2. The summed E-state index contributed by atoms with van der Waals surface area (Å²) >= 11 is 0. The van der Waals surface area contributed by atoms with E-state index in [0.717, 1.165) is 174 Å². The molecule has 3 fully saturated rings. The monoisotopic (exact) mass is 1510 g/mol. The number of pyridine rings is 4. The van der Waals surface area contributed by atoms with Gasteiger partial charge in [-0.3, -0.25) is 56.1 Å². The van der Waals surface area contributed by atoms with Gasteiger partial charge in [-0.2, -0.15) is 20.4 Å². The van der Waals surface area contributed by atoms with Gasteiger partial charge in [-0.05, 0) is 188 Å². The van der Waals surface area contributed by atoms with Gasteiger partial charge < -0.3 is 31.9 Å². The molecule has 2 aromatic carbocycles. The molecule has 0 spiro atoms. The van der Waals surface area contributed by atoms with E-state index in [-0.39, 0.29) is 34.3 Å². The van der Waals surface area contributed by atoms with Crippen LogP contribution in [0.4, 0.5) is 11.4 Å². The van der Waals surface area contributed by atoms with Gasteiger partial charge in [-0.15, -0.1) is 0 Å². The second-order valence-corrected chi connectivity index (χ2v) is 29.8. The van der Waals surface area contributed by atoms with Gasteiger partial charge in [0.05, 0.1) is 97.9 Å². The first-order valence-electron chi connectivity index (χ1n) is 38.2. The fourth-order valence-corrected chi connectivity index (χ4v) is 15.3. The zero-order valence-electron chi connectivity index (χ0n) is 64.7. The van der Waals surface area contributed by atoms with Crippen molar-refractivity contribution in [1.29, 1.82) is 0 Å². The van der Waals surface area contributed by atoms with Crippen molar-refractivity contribution in [3.63, 3.8) is 0 Å². The number of anilines is 2. The molecule has 6 N–H and O–H groups in total. The lowest BCUT2D eigenvalue weighted by Crippen LogP contribution is -2.48. The topological polar surface area (TPSA) is 316 Å². The summed E-state index contributed by atoms with van der Waals surface area (Å²) in [6.45, 7) is 21.9. The molecule has 16 aromatic rings. The highest BCUT2D eigenvalue weighted by Crippen LogP contribution is 2.31. The Hall–Kier alpha value is -12.9. The standard InChI is InChI=1S/C23H27N7O.C22H23N5O.C21H22N6O.C19H16N6O/c1-4-17-20-11-19(27-30(20)13-15(2)25-17)18-12-22(31)29-14-16(5-6-21(29)26-18)28-9-7-23(3,24)8-10-28;1-14-9-17(10-18-12-26(2)25-22(14)18)19-11-21(28)27-13-16(3-4-20(27)24-19)15-5-7-23-8-6-15;1-14-9-15(10-16-12-25(2)24-21(14)16)18-11-20(28)27-13-17(3-4-19(27)23-18)26-7-5-22-6-8-26;1-12-10-25-17(13(2)21-12)8-16(23-25)15-9-19(26)24-11-14(4-3-7-20)5-6-18(24)22-15/h5-6,11-14H,4,7-10,24H2,1-3H3;3-4,9-13,15,23H,5-8H2,1-2H3;3-4,9-13,22H,5-8H2,1-2H3;5-6,8-11H,7,20H2,1-2H3. The van der Waals surface area contributed by atoms with Crippen LogP contribution < -0.4 is 54.1 Å². The van der Waals surface area contributed by atoms with E-state index in [1.165, 1.54) is 16.0 Å². The first-order chi connectivity index (χ1) is 54.5. The van der Waals surface area contributed by atoms with Crippen LogP contribution in [0.15, 0.2) is 178 Å². The number of nitrogens with zero attached hydrogens (tertiary/aromatic N) is 20. The van der Waals surface area contributed by atoms with Crippen LogP contribution in [0.2, 0.25) is 0 Å². The Morgan fingerprint density at radius 2 is 0.938 bits per heavy atom. The van der Waals surface area contributed by atoms with Gasteiger partial charge in [-0.25, -0.2) is 29.0 Å². The summed E-state index contributed by atoms with van der Waals surface area (Å²) in [6, 6.07) is 33.9. The molecule has 19 rings (SSSR count). The Labute approximate surface area is 649 Å². The molecule has 3 aliphatic heterocycles. The van der Waals surface area contributed by atoms with Gasteiger partial charge in [0.25, 0.3) is 22.2 Å². The minimum absolute atomic E-state index is 0.0419. The van der Waals surface area contributed by atoms with E-state index < -0.39 is 0 Å². The smallest absolute Gasteiger partial charge is 0.258 e. The van der Waals surface area contributed by atoms with Crippen molar-refractivity contribution in [2.24, 2.45) is 25.6 Å². The van der Waals surface area contributed by atoms with Crippen molar-refractivity contribution >= 4 is 66.8 Å². The molecule has 17 heterocycles. The first kappa shape index (κ1) is 74.2. The predicted octanol–water partition coefficient (Wildman–Crippen LogP) is 8.91. The molecular formula is C85H88N24O4. The van der Waals surface area contributed by atoms with E-state index >= 15 is 0 Å². The van der Waals surface area contributed by atoms with E-state index in [2.05, 4.69) is 99.7 Å². The van der Waals surface area contributed by atoms with E-state index in [1.807, 2.05) is 167 Å². The Bertz CT molecular complexity index is 6520. The molecule has 0 radical (unpaired) electrons. The number of nitrogens with two attached hydrogens (primary N) is 2. The molecule has 28 heteroatoms. The molecule has 0 aliphatic carbocycles. The third-order valence-corrected chi connectivity index (χ3v) is 21.2. The van der Waals surface area contributed by atoms with Crippen molar-refractivity contribution in [1.82, 2.24) is 96.9 Å². The van der Waals surface area contributed by atoms with Crippen LogP contribution in [0.5, 0.6) is 0 Å². The summed E-state index contributed by atoms with van der Waals surface area (Å²) < 4.78 is 13.6. The summed E-state index contributed by atoms with van der Waals surface area (Å²) in [4.78, 5) is 83.6. The van der Waals surface area contributed by atoms with Crippen LogP contribution in [-0.2, 0) is 20.5 Å². The number of aryl methyl sites for hydroxylation is 8. The zero-order chi connectivity index (χ0) is 78.5. The second-order valence-electron chi connectivity index (χ2n) is 29.8. The summed E-state index contributed by atoms with van der Waals surface area (Å²) in [5.74, 6) is 6.20. The Balaban J connectivity index is 0.000000114. The third-order valence-electron chi connectivity index (χ3n) is 21.2. The highest BCUT2D eigenvalue weighted by molar-refractivity contribution is 5.88. The number of rotatable bonds is 8. The Morgan fingerprint density at radius 3 is 1.48 bits per heavy atom. The fourth-order valence-electron chi connectivity index (χ4n) is 15.3. The summed E-state index contributed by atoms with van der Waals surface area (Å²) in [6.07, 6.45) is 20.0. The highest BCUT2D eigenvalue weighted by atomic mass is 16.1. The van der Waals surface area contributed by atoms with Gasteiger partial charge in [0.2, 0.25) is 0 Å². The maximum Gasteiger partial charge on any atom is 0.258 e. The minimum atomic E-state index is -0.190. The molecule has 28 nitrogen and oxygen atoms in total. The summed E-state index contributed by atoms with van der Waals surface area (Å²) in [7, 11) is 3.83. The molecule has 14 aromatic heterocycles. The Kier molecular flexibility index (Phi) is 20.2. The van der Waals surface area contributed by atoms with Crippen LogP contribution >= 0.6 is 0 Å². The average Bonchev–Trinajstić information content (AvgIpc) is 1.78. The van der Waals surface area contributed by atoms with Crippen molar-refractivity contribution in [2.75, 3.05) is 68.7 Å². The number of hydrogen-bond donors (Lipinski definition) is 4.